The van der Waals surface area contributed by atoms with Crippen LogP contribution in [-0.2, 0) is 6.42 Å². The summed E-state index contributed by atoms with van der Waals surface area (Å²) in [6.45, 7) is 5.10. The first-order valence-corrected chi connectivity index (χ1v) is 9.19. The Morgan fingerprint density at radius 1 is 0.909 bits per heavy atom. The zero-order valence-electron chi connectivity index (χ0n) is 13.6. The fourth-order valence-electron chi connectivity index (χ4n) is 4.61. The van der Waals surface area contributed by atoms with E-state index < -0.39 is 0 Å². The molecule has 2 fully saturated rings. The van der Waals surface area contributed by atoms with Crippen molar-refractivity contribution in [3.8, 4) is 0 Å². The van der Waals surface area contributed by atoms with Gasteiger partial charge in [0, 0.05) is 30.9 Å². The maximum atomic E-state index is 6.16. The van der Waals surface area contributed by atoms with Gasteiger partial charge in [0.25, 0.3) is 0 Å². The predicted octanol–water partition coefficient (Wildman–Crippen LogP) is 3.09. The van der Waals surface area contributed by atoms with Crippen molar-refractivity contribution < 1.29 is 0 Å². The molecule has 1 aliphatic carbocycles. The van der Waals surface area contributed by atoms with Gasteiger partial charge >= 0.3 is 0 Å². The van der Waals surface area contributed by atoms with E-state index in [1.165, 1.54) is 75.1 Å². The van der Waals surface area contributed by atoms with Crippen molar-refractivity contribution in [3.05, 3.63) is 29.3 Å². The molecule has 120 valence electrons. The van der Waals surface area contributed by atoms with E-state index in [1.54, 1.807) is 0 Å². The summed E-state index contributed by atoms with van der Waals surface area (Å²) in [6, 6.07) is 8.08. The molecular formula is C19H29N3. The Balaban J connectivity index is 1.39. The largest absolute Gasteiger partial charge is 0.371 e. The lowest BCUT2D eigenvalue weighted by atomic mass is 9.99. The highest BCUT2D eigenvalue weighted by Crippen LogP contribution is 2.33. The van der Waals surface area contributed by atoms with E-state index in [-0.39, 0.29) is 6.04 Å². The number of piperidine rings is 2. The number of aryl methyl sites for hydroxylation is 1. The van der Waals surface area contributed by atoms with Crippen molar-refractivity contribution in [3.63, 3.8) is 0 Å². The van der Waals surface area contributed by atoms with Crippen molar-refractivity contribution in [1.29, 1.82) is 0 Å². The first-order valence-electron chi connectivity index (χ1n) is 9.19. The smallest absolute Gasteiger partial charge is 0.0369 e. The molecular weight excluding hydrogens is 270 g/mol. The first kappa shape index (κ1) is 14.5. The van der Waals surface area contributed by atoms with E-state index in [0.29, 0.717) is 0 Å². The van der Waals surface area contributed by atoms with Crippen LogP contribution in [0, 0.1) is 0 Å². The van der Waals surface area contributed by atoms with E-state index in [2.05, 4.69) is 28.0 Å². The number of nitrogens with zero attached hydrogens (tertiary/aromatic N) is 2. The summed E-state index contributed by atoms with van der Waals surface area (Å²) >= 11 is 0. The Hall–Kier alpha value is -1.06. The summed E-state index contributed by atoms with van der Waals surface area (Å²) in [5.41, 5.74) is 10.4. The van der Waals surface area contributed by atoms with E-state index in [4.69, 9.17) is 5.73 Å². The van der Waals surface area contributed by atoms with Crippen molar-refractivity contribution >= 4 is 5.69 Å². The molecule has 3 aliphatic rings. The van der Waals surface area contributed by atoms with Crippen molar-refractivity contribution in [2.45, 2.75) is 57.0 Å². The van der Waals surface area contributed by atoms with Gasteiger partial charge in [-0.1, -0.05) is 12.5 Å². The summed E-state index contributed by atoms with van der Waals surface area (Å²) in [7, 11) is 0. The second-order valence-corrected chi connectivity index (χ2v) is 7.34. The number of hydrogen-bond donors (Lipinski definition) is 1. The third kappa shape index (κ3) is 2.77. The average molecular weight is 299 g/mol. The minimum atomic E-state index is 0.272. The lowest BCUT2D eigenvalue weighted by Gasteiger charge is -2.41. The molecule has 3 nitrogen and oxygen atoms in total. The molecule has 0 spiro atoms. The molecule has 0 aromatic heterocycles. The fraction of sp³-hybridized carbons (Fsp3) is 0.684. The zero-order valence-corrected chi connectivity index (χ0v) is 13.6. The minimum Gasteiger partial charge on any atom is -0.371 e. The van der Waals surface area contributed by atoms with Crippen LogP contribution in [0.15, 0.2) is 18.2 Å². The summed E-state index contributed by atoms with van der Waals surface area (Å²) in [5.74, 6) is 0. The van der Waals surface area contributed by atoms with E-state index in [1.807, 2.05) is 0 Å². The van der Waals surface area contributed by atoms with E-state index in [9.17, 15) is 0 Å². The maximum absolute atomic E-state index is 6.16. The third-order valence-electron chi connectivity index (χ3n) is 5.99. The first-order chi connectivity index (χ1) is 10.8. The maximum Gasteiger partial charge on any atom is 0.0369 e. The lowest BCUT2D eigenvalue weighted by molar-refractivity contribution is 0.141. The van der Waals surface area contributed by atoms with Gasteiger partial charge in [0.15, 0.2) is 0 Å². The second kappa shape index (κ2) is 6.21. The van der Waals surface area contributed by atoms with Crippen LogP contribution in [0.3, 0.4) is 0 Å². The molecule has 0 radical (unpaired) electrons. The molecule has 2 N–H and O–H groups in total. The molecule has 1 unspecified atom stereocenters. The Kier molecular flexibility index (Phi) is 4.10. The number of likely N-dealkylation sites (tertiary alicyclic amines) is 1. The van der Waals surface area contributed by atoms with Crippen LogP contribution in [0.1, 0.15) is 55.7 Å². The molecule has 2 saturated heterocycles. The highest BCUT2D eigenvalue weighted by Gasteiger charge is 2.26. The van der Waals surface area contributed by atoms with Crippen LogP contribution in [0.2, 0.25) is 0 Å². The van der Waals surface area contributed by atoms with Gasteiger partial charge < -0.3 is 15.5 Å². The van der Waals surface area contributed by atoms with Gasteiger partial charge in [-0.05, 0) is 74.9 Å². The van der Waals surface area contributed by atoms with Gasteiger partial charge in [0.1, 0.15) is 0 Å². The van der Waals surface area contributed by atoms with Crippen LogP contribution >= 0.6 is 0 Å². The number of hydrogen-bond acceptors (Lipinski definition) is 3. The Labute approximate surface area is 134 Å². The lowest BCUT2D eigenvalue weighted by Crippen LogP contribution is -2.46. The number of nitrogens with two attached hydrogens (primary N) is 1. The van der Waals surface area contributed by atoms with Gasteiger partial charge in [0.2, 0.25) is 0 Å². The average Bonchev–Trinajstić information content (AvgIpc) is 2.96. The molecule has 0 bridgehead atoms. The van der Waals surface area contributed by atoms with Gasteiger partial charge in [-0.25, -0.2) is 0 Å². The Morgan fingerprint density at radius 2 is 1.68 bits per heavy atom. The topological polar surface area (TPSA) is 32.5 Å². The van der Waals surface area contributed by atoms with E-state index in [0.717, 1.165) is 18.9 Å². The van der Waals surface area contributed by atoms with Crippen LogP contribution < -0.4 is 10.6 Å². The molecule has 22 heavy (non-hydrogen) atoms. The molecule has 1 aromatic rings. The highest BCUT2D eigenvalue weighted by atomic mass is 15.2. The SMILES string of the molecule is NC1CCc2cc(N3CCC(N4CCCCC4)CC3)ccc21. The Morgan fingerprint density at radius 3 is 2.45 bits per heavy atom. The van der Waals surface area contributed by atoms with Gasteiger partial charge in [-0.15, -0.1) is 0 Å². The third-order valence-corrected chi connectivity index (χ3v) is 5.99. The predicted molar refractivity (Wildman–Crippen MR) is 92.4 cm³/mol. The van der Waals surface area contributed by atoms with Crippen molar-refractivity contribution in [2.75, 3.05) is 31.1 Å². The summed E-state index contributed by atoms with van der Waals surface area (Å²) in [5, 5.41) is 0. The number of rotatable bonds is 2. The second-order valence-electron chi connectivity index (χ2n) is 7.34. The zero-order chi connectivity index (χ0) is 14.9. The molecule has 0 saturated carbocycles. The quantitative estimate of drug-likeness (QED) is 0.911. The number of benzene rings is 1. The molecule has 2 heterocycles. The summed E-state index contributed by atoms with van der Waals surface area (Å²) in [6.07, 6.45) is 9.20. The molecule has 1 aromatic carbocycles. The molecule has 0 amide bonds. The molecule has 4 rings (SSSR count). The molecule has 3 heteroatoms. The molecule has 1 atom stereocenters. The Bertz CT molecular complexity index is 513. The van der Waals surface area contributed by atoms with Crippen LogP contribution in [0.5, 0.6) is 0 Å². The van der Waals surface area contributed by atoms with Crippen LogP contribution in [-0.4, -0.2) is 37.1 Å². The van der Waals surface area contributed by atoms with Crippen molar-refractivity contribution in [1.82, 2.24) is 4.90 Å². The standard InChI is InChI=1S/C19H29N3/c20-19-7-4-15-14-17(5-6-18(15)19)22-12-8-16(9-13-22)21-10-2-1-3-11-21/h5-6,14,16,19H,1-4,7-13,20H2. The monoisotopic (exact) mass is 299 g/mol. The summed E-state index contributed by atoms with van der Waals surface area (Å²) in [4.78, 5) is 5.34. The van der Waals surface area contributed by atoms with Gasteiger partial charge in [-0.2, -0.15) is 0 Å². The molecule has 2 aliphatic heterocycles. The van der Waals surface area contributed by atoms with Gasteiger partial charge in [0.05, 0.1) is 0 Å². The number of fused-ring (bicyclic) bond motifs is 1. The summed E-state index contributed by atoms with van der Waals surface area (Å²) < 4.78 is 0. The van der Waals surface area contributed by atoms with Crippen molar-refractivity contribution in [2.24, 2.45) is 5.73 Å². The minimum absolute atomic E-state index is 0.272. The highest BCUT2D eigenvalue weighted by molar-refractivity contribution is 5.53. The van der Waals surface area contributed by atoms with E-state index >= 15 is 0 Å². The van der Waals surface area contributed by atoms with Gasteiger partial charge in [-0.3, -0.25) is 0 Å². The normalized spacial score (nSPS) is 27.1. The van der Waals surface area contributed by atoms with Crippen LogP contribution in [0.4, 0.5) is 5.69 Å². The van der Waals surface area contributed by atoms with Crippen LogP contribution in [0.25, 0.3) is 0 Å². The fourth-order valence-corrected chi connectivity index (χ4v) is 4.61. The number of anilines is 1.